The molecule has 0 bridgehead atoms. The Morgan fingerprint density at radius 3 is 3.00 bits per heavy atom. The molecule has 0 saturated heterocycles. The van der Waals surface area contributed by atoms with E-state index in [1.54, 1.807) is 11.9 Å². The quantitative estimate of drug-likeness (QED) is 0.826. The van der Waals surface area contributed by atoms with Gasteiger partial charge in [0.2, 0.25) is 5.91 Å². The van der Waals surface area contributed by atoms with Crippen LogP contribution in [0.5, 0.6) is 0 Å². The van der Waals surface area contributed by atoms with Crippen molar-refractivity contribution in [3.63, 3.8) is 0 Å². The van der Waals surface area contributed by atoms with E-state index in [1.165, 1.54) is 0 Å². The molecule has 1 amide bonds. The fourth-order valence-corrected chi connectivity index (χ4v) is 2.18. The SMILES string of the molecule is CN1C(=O)Cc2cc(/C=C/CCCC(=O)O)ccc21. The molecule has 4 heteroatoms. The van der Waals surface area contributed by atoms with Crippen molar-refractivity contribution in [2.45, 2.75) is 25.7 Å². The summed E-state index contributed by atoms with van der Waals surface area (Å²) < 4.78 is 0. The molecule has 2 rings (SSSR count). The number of amides is 1. The average Bonchev–Trinajstić information content (AvgIpc) is 2.64. The number of carbonyl (C=O) groups is 2. The molecule has 1 aromatic carbocycles. The van der Waals surface area contributed by atoms with Crippen LogP contribution in [-0.2, 0) is 16.0 Å². The zero-order chi connectivity index (χ0) is 13.8. The third-order valence-corrected chi connectivity index (χ3v) is 3.25. The first-order chi connectivity index (χ1) is 9.08. The van der Waals surface area contributed by atoms with Crippen LogP contribution in [0.1, 0.15) is 30.4 Å². The Morgan fingerprint density at radius 2 is 2.26 bits per heavy atom. The number of fused-ring (bicyclic) bond motifs is 1. The van der Waals surface area contributed by atoms with Gasteiger partial charge in [-0.3, -0.25) is 9.59 Å². The second-order valence-corrected chi connectivity index (χ2v) is 4.71. The van der Waals surface area contributed by atoms with Gasteiger partial charge in [0.05, 0.1) is 6.42 Å². The van der Waals surface area contributed by atoms with Gasteiger partial charge in [0, 0.05) is 19.2 Å². The Labute approximate surface area is 112 Å². The maximum atomic E-state index is 11.6. The number of likely N-dealkylation sites (N-methyl/N-ethyl adjacent to an activating group) is 1. The van der Waals surface area contributed by atoms with Crippen molar-refractivity contribution in [1.29, 1.82) is 0 Å². The fraction of sp³-hybridized carbons (Fsp3) is 0.333. The highest BCUT2D eigenvalue weighted by atomic mass is 16.4. The largest absolute Gasteiger partial charge is 0.481 e. The van der Waals surface area contributed by atoms with Crippen LogP contribution in [0.2, 0.25) is 0 Å². The van der Waals surface area contributed by atoms with Gasteiger partial charge in [0.25, 0.3) is 0 Å². The molecule has 4 nitrogen and oxygen atoms in total. The molecule has 1 aromatic rings. The lowest BCUT2D eigenvalue weighted by Crippen LogP contribution is -2.20. The first-order valence-corrected chi connectivity index (χ1v) is 6.36. The summed E-state index contributed by atoms with van der Waals surface area (Å²) in [6.07, 6.45) is 6.02. The van der Waals surface area contributed by atoms with Gasteiger partial charge in [-0.25, -0.2) is 0 Å². The van der Waals surface area contributed by atoms with Gasteiger partial charge in [-0.15, -0.1) is 0 Å². The number of aliphatic carboxylic acids is 1. The van der Waals surface area contributed by atoms with Gasteiger partial charge in [0.15, 0.2) is 0 Å². The topological polar surface area (TPSA) is 57.6 Å². The summed E-state index contributed by atoms with van der Waals surface area (Å²) in [6, 6.07) is 5.95. The van der Waals surface area contributed by atoms with Crippen LogP contribution in [0, 0.1) is 0 Å². The number of anilines is 1. The van der Waals surface area contributed by atoms with Crippen molar-refractivity contribution < 1.29 is 14.7 Å². The summed E-state index contributed by atoms with van der Waals surface area (Å²) in [5.41, 5.74) is 3.09. The maximum Gasteiger partial charge on any atom is 0.303 e. The summed E-state index contributed by atoms with van der Waals surface area (Å²) in [7, 11) is 1.79. The number of carboxylic acids is 1. The summed E-state index contributed by atoms with van der Waals surface area (Å²) >= 11 is 0. The van der Waals surface area contributed by atoms with Crippen LogP contribution in [-0.4, -0.2) is 24.0 Å². The highest BCUT2D eigenvalue weighted by Crippen LogP contribution is 2.28. The van der Waals surface area contributed by atoms with Gasteiger partial charge in [0.1, 0.15) is 0 Å². The molecular formula is C15H17NO3. The average molecular weight is 259 g/mol. The summed E-state index contributed by atoms with van der Waals surface area (Å²) in [6.45, 7) is 0. The van der Waals surface area contributed by atoms with Crippen LogP contribution >= 0.6 is 0 Å². The minimum absolute atomic E-state index is 0.123. The molecule has 100 valence electrons. The molecule has 1 aliphatic heterocycles. The number of nitrogens with zero attached hydrogens (tertiary/aromatic N) is 1. The third kappa shape index (κ3) is 3.22. The molecule has 1 aliphatic rings. The molecule has 0 unspecified atom stereocenters. The van der Waals surface area contributed by atoms with E-state index in [2.05, 4.69) is 0 Å². The van der Waals surface area contributed by atoms with E-state index in [1.807, 2.05) is 30.4 Å². The van der Waals surface area contributed by atoms with Crippen LogP contribution < -0.4 is 4.90 Å². The number of carbonyl (C=O) groups excluding carboxylic acids is 1. The highest BCUT2D eigenvalue weighted by Gasteiger charge is 2.23. The van der Waals surface area contributed by atoms with Crippen LogP contribution in [0.4, 0.5) is 5.69 Å². The first-order valence-electron chi connectivity index (χ1n) is 6.36. The molecule has 0 atom stereocenters. The highest BCUT2D eigenvalue weighted by molar-refractivity contribution is 6.01. The molecule has 1 N–H and O–H groups in total. The Bertz CT molecular complexity index is 534. The summed E-state index contributed by atoms with van der Waals surface area (Å²) in [5, 5.41) is 8.52. The lowest BCUT2D eigenvalue weighted by atomic mass is 10.1. The molecule has 0 radical (unpaired) electrons. The van der Waals surface area contributed by atoms with Crippen LogP contribution in [0.3, 0.4) is 0 Å². The Balaban J connectivity index is 1.96. The van der Waals surface area contributed by atoms with E-state index in [4.69, 9.17) is 5.11 Å². The minimum Gasteiger partial charge on any atom is -0.481 e. The number of unbranched alkanes of at least 4 members (excludes halogenated alkanes) is 1. The lowest BCUT2D eigenvalue weighted by molar-refractivity contribution is -0.137. The smallest absolute Gasteiger partial charge is 0.303 e. The zero-order valence-corrected chi connectivity index (χ0v) is 10.9. The van der Waals surface area contributed by atoms with Crippen molar-refractivity contribution in [3.05, 3.63) is 35.4 Å². The van der Waals surface area contributed by atoms with E-state index in [0.29, 0.717) is 12.8 Å². The Hall–Kier alpha value is -2.10. The normalized spacial score (nSPS) is 14.2. The second kappa shape index (κ2) is 5.69. The third-order valence-electron chi connectivity index (χ3n) is 3.25. The number of rotatable bonds is 5. The van der Waals surface area contributed by atoms with E-state index in [9.17, 15) is 9.59 Å². The number of carboxylic acid groups (broad SMARTS) is 1. The molecule has 1 heterocycles. The molecule has 0 spiro atoms. The fourth-order valence-electron chi connectivity index (χ4n) is 2.18. The number of hydrogen-bond acceptors (Lipinski definition) is 2. The van der Waals surface area contributed by atoms with Crippen molar-refractivity contribution in [2.24, 2.45) is 0 Å². The number of hydrogen-bond donors (Lipinski definition) is 1. The second-order valence-electron chi connectivity index (χ2n) is 4.71. The van der Waals surface area contributed by atoms with Crippen molar-refractivity contribution in [2.75, 3.05) is 11.9 Å². The molecule has 19 heavy (non-hydrogen) atoms. The van der Waals surface area contributed by atoms with Crippen molar-refractivity contribution in [1.82, 2.24) is 0 Å². The number of allylic oxidation sites excluding steroid dienone is 1. The van der Waals surface area contributed by atoms with Crippen LogP contribution in [0.25, 0.3) is 6.08 Å². The predicted molar refractivity (Wildman–Crippen MR) is 74.1 cm³/mol. The van der Waals surface area contributed by atoms with E-state index in [-0.39, 0.29) is 12.3 Å². The van der Waals surface area contributed by atoms with Crippen molar-refractivity contribution >= 4 is 23.6 Å². The van der Waals surface area contributed by atoms with E-state index >= 15 is 0 Å². The standard InChI is InChI=1S/C15H17NO3/c1-16-13-8-7-11(9-12(13)10-14(16)17)5-3-2-4-6-15(18)19/h3,5,7-9H,2,4,6,10H2,1H3,(H,18,19)/b5-3+. The van der Waals surface area contributed by atoms with Gasteiger partial charge in [-0.1, -0.05) is 18.2 Å². The molecule has 0 fully saturated rings. The maximum absolute atomic E-state index is 11.6. The summed E-state index contributed by atoms with van der Waals surface area (Å²) in [5.74, 6) is -0.634. The van der Waals surface area contributed by atoms with Gasteiger partial charge >= 0.3 is 5.97 Å². The monoisotopic (exact) mass is 259 g/mol. The minimum atomic E-state index is -0.757. The molecular weight excluding hydrogens is 242 g/mol. The van der Waals surface area contributed by atoms with Gasteiger partial charge in [-0.05, 0) is 36.1 Å². The van der Waals surface area contributed by atoms with Crippen molar-refractivity contribution in [3.8, 4) is 0 Å². The van der Waals surface area contributed by atoms with E-state index in [0.717, 1.165) is 23.2 Å². The van der Waals surface area contributed by atoms with Gasteiger partial charge < -0.3 is 10.0 Å². The number of benzene rings is 1. The van der Waals surface area contributed by atoms with Gasteiger partial charge in [-0.2, -0.15) is 0 Å². The zero-order valence-electron chi connectivity index (χ0n) is 10.9. The van der Waals surface area contributed by atoms with E-state index < -0.39 is 5.97 Å². The Morgan fingerprint density at radius 1 is 1.47 bits per heavy atom. The lowest BCUT2D eigenvalue weighted by Gasteiger charge is -2.09. The first kappa shape index (κ1) is 13.3. The Kier molecular flexibility index (Phi) is 4.00. The van der Waals surface area contributed by atoms with Crippen LogP contribution in [0.15, 0.2) is 24.3 Å². The summed E-state index contributed by atoms with van der Waals surface area (Å²) in [4.78, 5) is 23.6. The molecule has 0 aromatic heterocycles. The predicted octanol–water partition coefficient (Wildman–Crippen LogP) is 2.47. The molecule has 0 aliphatic carbocycles. The molecule has 0 saturated carbocycles.